The van der Waals surface area contributed by atoms with Crippen molar-refractivity contribution in [2.45, 2.75) is 51.0 Å². The van der Waals surface area contributed by atoms with Crippen molar-refractivity contribution in [1.82, 2.24) is 15.0 Å². The Morgan fingerprint density at radius 1 is 1.18 bits per heavy atom. The van der Waals surface area contributed by atoms with E-state index >= 15 is 0 Å². The van der Waals surface area contributed by atoms with Crippen molar-refractivity contribution in [3.05, 3.63) is 11.7 Å². The van der Waals surface area contributed by atoms with Crippen LogP contribution in [0, 0.1) is 5.92 Å². The maximum absolute atomic E-state index is 6.27. The number of nitrogens with zero attached hydrogens (tertiary/aromatic N) is 3. The summed E-state index contributed by atoms with van der Waals surface area (Å²) in [5, 5.41) is 4.10. The zero-order valence-corrected chi connectivity index (χ0v) is 13.4. The van der Waals surface area contributed by atoms with Crippen LogP contribution in [0.15, 0.2) is 4.52 Å². The van der Waals surface area contributed by atoms with Crippen molar-refractivity contribution in [2.24, 2.45) is 11.7 Å². The van der Waals surface area contributed by atoms with Crippen LogP contribution in [0.5, 0.6) is 0 Å². The molecule has 0 bridgehead atoms. The molecule has 0 radical (unpaired) electrons. The lowest BCUT2D eigenvalue weighted by molar-refractivity contribution is 0.0546. The lowest BCUT2D eigenvalue weighted by atomic mass is 9.92. The highest BCUT2D eigenvalue weighted by molar-refractivity contribution is 4.95. The average Bonchev–Trinajstić information content (AvgIpc) is 3.05. The molecule has 2 aliphatic heterocycles. The highest BCUT2D eigenvalue weighted by Gasteiger charge is 2.26. The van der Waals surface area contributed by atoms with Crippen LogP contribution in [0.25, 0.3) is 0 Å². The molecule has 0 saturated carbocycles. The van der Waals surface area contributed by atoms with Gasteiger partial charge in [-0.25, -0.2) is 0 Å². The van der Waals surface area contributed by atoms with Gasteiger partial charge in [0.05, 0.1) is 6.04 Å². The smallest absolute Gasteiger partial charge is 0.243 e. The van der Waals surface area contributed by atoms with E-state index in [1.807, 2.05) is 0 Å². The highest BCUT2D eigenvalue weighted by atomic mass is 16.5. The fourth-order valence-electron chi connectivity index (χ4n) is 3.42. The van der Waals surface area contributed by atoms with Gasteiger partial charge in [0, 0.05) is 19.6 Å². The zero-order valence-electron chi connectivity index (χ0n) is 13.4. The first-order valence-corrected chi connectivity index (χ1v) is 8.71. The minimum absolute atomic E-state index is 0.146. The van der Waals surface area contributed by atoms with E-state index in [1.165, 1.54) is 32.4 Å². The molecule has 2 aliphatic rings. The van der Waals surface area contributed by atoms with Crippen LogP contribution >= 0.6 is 0 Å². The maximum atomic E-state index is 6.27. The minimum atomic E-state index is -0.146. The van der Waals surface area contributed by atoms with Gasteiger partial charge in [-0.3, -0.25) is 0 Å². The van der Waals surface area contributed by atoms with Gasteiger partial charge < -0.3 is 19.9 Å². The third kappa shape index (κ3) is 4.27. The monoisotopic (exact) mass is 308 g/mol. The van der Waals surface area contributed by atoms with E-state index in [1.54, 1.807) is 0 Å². The van der Waals surface area contributed by atoms with E-state index in [9.17, 15) is 0 Å². The second-order valence-corrected chi connectivity index (χ2v) is 6.53. The molecule has 0 spiro atoms. The summed E-state index contributed by atoms with van der Waals surface area (Å²) in [5.74, 6) is 1.80. The van der Waals surface area contributed by atoms with E-state index in [2.05, 4.69) is 15.0 Å². The van der Waals surface area contributed by atoms with Gasteiger partial charge in [-0.15, -0.1) is 0 Å². The standard InChI is InChI=1S/C16H28N4O2/c17-15(13-6-11-21-12-7-13)16-18-14(19-22-16)5-4-10-20-8-2-1-3-9-20/h13,15H,1-12,17H2. The number of hydrogen-bond donors (Lipinski definition) is 1. The van der Waals surface area contributed by atoms with Gasteiger partial charge >= 0.3 is 0 Å². The van der Waals surface area contributed by atoms with Crippen molar-refractivity contribution in [3.8, 4) is 0 Å². The van der Waals surface area contributed by atoms with Gasteiger partial charge in [0.25, 0.3) is 0 Å². The molecule has 1 unspecified atom stereocenters. The molecule has 1 aromatic heterocycles. The fourth-order valence-corrected chi connectivity index (χ4v) is 3.42. The first-order valence-electron chi connectivity index (χ1n) is 8.71. The summed E-state index contributed by atoms with van der Waals surface area (Å²) < 4.78 is 10.8. The first-order chi connectivity index (χ1) is 10.8. The Labute approximate surface area is 132 Å². The lowest BCUT2D eigenvalue weighted by Gasteiger charge is -2.26. The van der Waals surface area contributed by atoms with Crippen LogP contribution in [-0.4, -0.2) is 47.9 Å². The lowest BCUT2D eigenvalue weighted by Crippen LogP contribution is -2.30. The molecule has 0 amide bonds. The number of aromatic nitrogens is 2. The normalized spacial score (nSPS) is 22.8. The molecule has 3 rings (SSSR count). The molecule has 0 aliphatic carbocycles. The van der Waals surface area contributed by atoms with Crippen molar-refractivity contribution in [3.63, 3.8) is 0 Å². The summed E-state index contributed by atoms with van der Waals surface area (Å²) in [7, 11) is 0. The van der Waals surface area contributed by atoms with Crippen molar-refractivity contribution in [2.75, 3.05) is 32.8 Å². The third-order valence-electron chi connectivity index (χ3n) is 4.87. The summed E-state index contributed by atoms with van der Waals surface area (Å²) in [4.78, 5) is 7.05. The summed E-state index contributed by atoms with van der Waals surface area (Å²) >= 11 is 0. The molecule has 0 aromatic carbocycles. The summed E-state index contributed by atoms with van der Waals surface area (Å²) in [5.41, 5.74) is 6.27. The van der Waals surface area contributed by atoms with E-state index in [0.717, 1.165) is 51.3 Å². The first kappa shape index (κ1) is 15.9. The molecule has 2 N–H and O–H groups in total. The number of piperidine rings is 1. The van der Waals surface area contributed by atoms with E-state index < -0.39 is 0 Å². The largest absolute Gasteiger partial charge is 0.381 e. The Balaban J connectivity index is 1.44. The minimum Gasteiger partial charge on any atom is -0.381 e. The average molecular weight is 308 g/mol. The van der Waals surface area contributed by atoms with Crippen LogP contribution in [-0.2, 0) is 11.2 Å². The van der Waals surface area contributed by atoms with Gasteiger partial charge in [-0.05, 0) is 57.7 Å². The predicted octanol–water partition coefficient (Wildman–Crippen LogP) is 1.91. The van der Waals surface area contributed by atoms with Gasteiger partial charge in [-0.1, -0.05) is 11.6 Å². The number of hydrogen-bond acceptors (Lipinski definition) is 6. The zero-order chi connectivity index (χ0) is 15.2. The van der Waals surface area contributed by atoms with Crippen molar-refractivity contribution < 1.29 is 9.26 Å². The quantitative estimate of drug-likeness (QED) is 0.865. The predicted molar refractivity (Wildman–Crippen MR) is 83.4 cm³/mol. The Bertz CT molecular complexity index is 439. The van der Waals surface area contributed by atoms with Crippen molar-refractivity contribution in [1.29, 1.82) is 0 Å². The van der Waals surface area contributed by atoms with Crippen LogP contribution in [0.3, 0.4) is 0 Å². The topological polar surface area (TPSA) is 77.4 Å². The van der Waals surface area contributed by atoms with Gasteiger partial charge in [0.1, 0.15) is 0 Å². The molecule has 2 saturated heterocycles. The molecular formula is C16H28N4O2. The molecular weight excluding hydrogens is 280 g/mol. The Kier molecular flexibility index (Phi) is 5.81. The molecule has 124 valence electrons. The number of likely N-dealkylation sites (tertiary alicyclic amines) is 1. The molecule has 3 heterocycles. The summed E-state index contributed by atoms with van der Waals surface area (Å²) in [6.45, 7) is 5.19. The number of rotatable bonds is 6. The molecule has 2 fully saturated rings. The number of ether oxygens (including phenoxy) is 1. The second kappa shape index (κ2) is 8.04. The van der Waals surface area contributed by atoms with E-state index in [0.29, 0.717) is 11.8 Å². The van der Waals surface area contributed by atoms with Crippen LogP contribution in [0.1, 0.15) is 56.3 Å². The molecule has 1 atom stereocenters. The number of nitrogens with two attached hydrogens (primary N) is 1. The summed E-state index contributed by atoms with van der Waals surface area (Å²) in [6.07, 6.45) is 7.99. The van der Waals surface area contributed by atoms with Crippen LogP contribution < -0.4 is 5.73 Å². The number of aryl methyl sites for hydroxylation is 1. The van der Waals surface area contributed by atoms with E-state index in [-0.39, 0.29) is 6.04 Å². The second-order valence-electron chi connectivity index (χ2n) is 6.53. The van der Waals surface area contributed by atoms with Crippen LogP contribution in [0.2, 0.25) is 0 Å². The molecule has 6 heteroatoms. The van der Waals surface area contributed by atoms with Crippen LogP contribution in [0.4, 0.5) is 0 Å². The summed E-state index contributed by atoms with van der Waals surface area (Å²) in [6, 6.07) is -0.146. The Morgan fingerprint density at radius 2 is 1.95 bits per heavy atom. The van der Waals surface area contributed by atoms with Crippen molar-refractivity contribution >= 4 is 0 Å². The molecule has 6 nitrogen and oxygen atoms in total. The Morgan fingerprint density at radius 3 is 2.73 bits per heavy atom. The third-order valence-corrected chi connectivity index (χ3v) is 4.87. The molecule has 1 aromatic rings. The van der Waals surface area contributed by atoms with Gasteiger partial charge in [0.2, 0.25) is 5.89 Å². The fraction of sp³-hybridized carbons (Fsp3) is 0.875. The van der Waals surface area contributed by atoms with E-state index in [4.69, 9.17) is 15.0 Å². The van der Waals surface area contributed by atoms with Gasteiger partial charge in [-0.2, -0.15) is 4.98 Å². The highest BCUT2D eigenvalue weighted by Crippen LogP contribution is 2.27. The van der Waals surface area contributed by atoms with Gasteiger partial charge in [0.15, 0.2) is 5.82 Å². The SMILES string of the molecule is NC(c1nc(CCCN2CCCCC2)no1)C1CCOCC1. The Hall–Kier alpha value is -0.980. The maximum Gasteiger partial charge on any atom is 0.243 e. The molecule has 22 heavy (non-hydrogen) atoms.